The number of hydrogen-bond donors (Lipinski definition) is 1. The largest absolute Gasteiger partial charge is 0.350 e. The van der Waals surface area contributed by atoms with Crippen LogP contribution in [-0.2, 0) is 9.59 Å². The molecule has 6 heteroatoms. The molecule has 0 fully saturated rings. The summed E-state index contributed by atoms with van der Waals surface area (Å²) in [5.41, 5.74) is 3.60. The molecule has 0 radical (unpaired) electrons. The number of carbonyl (C=O) groups is 2. The second kappa shape index (κ2) is 7.76. The summed E-state index contributed by atoms with van der Waals surface area (Å²) in [7, 11) is 0. The molecule has 0 saturated heterocycles. The van der Waals surface area contributed by atoms with E-state index in [0.717, 1.165) is 16.0 Å². The number of imide groups is 1. The molecule has 150 valence electrons. The van der Waals surface area contributed by atoms with E-state index in [1.165, 1.54) is 24.3 Å². The lowest BCUT2D eigenvalue weighted by molar-refractivity contribution is -0.120. The summed E-state index contributed by atoms with van der Waals surface area (Å²) < 4.78 is 13.5. The second-order valence-electron chi connectivity index (χ2n) is 7.13. The van der Waals surface area contributed by atoms with Gasteiger partial charge in [-0.1, -0.05) is 41.9 Å². The fourth-order valence-corrected chi connectivity index (χ4v) is 3.61. The van der Waals surface area contributed by atoms with Crippen LogP contribution in [0.5, 0.6) is 0 Å². The van der Waals surface area contributed by atoms with Gasteiger partial charge in [-0.05, 0) is 66.9 Å². The van der Waals surface area contributed by atoms with Crippen LogP contribution in [0.4, 0.5) is 15.8 Å². The van der Waals surface area contributed by atoms with Gasteiger partial charge < -0.3 is 5.32 Å². The minimum Gasteiger partial charge on any atom is -0.350 e. The van der Waals surface area contributed by atoms with Gasteiger partial charge in [-0.25, -0.2) is 9.29 Å². The quantitative estimate of drug-likeness (QED) is 0.567. The van der Waals surface area contributed by atoms with Crippen molar-refractivity contribution in [3.8, 4) is 0 Å². The normalized spacial score (nSPS) is 13.9. The number of nitrogens with zero attached hydrogens (tertiary/aromatic N) is 1. The molecule has 0 atom stereocenters. The lowest BCUT2D eigenvalue weighted by Gasteiger charge is -2.18. The standard InChI is InChI=1S/C24H18ClFN2O2/c1-14-4-3-5-19(12-14)27-22-21(16-7-10-18(26)11-8-16)23(29)28(24(22)30)20-13-17(25)9-6-15(20)2/h3-13,27H,1-2H3. The van der Waals surface area contributed by atoms with Crippen molar-refractivity contribution in [2.45, 2.75) is 13.8 Å². The lowest BCUT2D eigenvalue weighted by Crippen LogP contribution is -2.33. The minimum absolute atomic E-state index is 0.136. The Balaban J connectivity index is 1.86. The van der Waals surface area contributed by atoms with Gasteiger partial charge >= 0.3 is 0 Å². The van der Waals surface area contributed by atoms with Gasteiger partial charge in [-0.2, -0.15) is 0 Å². The maximum Gasteiger partial charge on any atom is 0.282 e. The first-order valence-corrected chi connectivity index (χ1v) is 9.72. The van der Waals surface area contributed by atoms with E-state index in [2.05, 4.69) is 5.32 Å². The smallest absolute Gasteiger partial charge is 0.282 e. The van der Waals surface area contributed by atoms with Gasteiger partial charge in [-0.3, -0.25) is 9.59 Å². The van der Waals surface area contributed by atoms with E-state index in [1.807, 2.05) is 31.2 Å². The van der Waals surface area contributed by atoms with Crippen LogP contribution in [0.25, 0.3) is 5.57 Å². The van der Waals surface area contributed by atoms with Crippen molar-refractivity contribution in [2.24, 2.45) is 0 Å². The number of amides is 2. The number of aryl methyl sites for hydroxylation is 2. The average Bonchev–Trinajstić information content (AvgIpc) is 2.94. The zero-order valence-electron chi connectivity index (χ0n) is 16.4. The van der Waals surface area contributed by atoms with E-state index in [1.54, 1.807) is 25.1 Å². The molecule has 3 aromatic rings. The zero-order chi connectivity index (χ0) is 21.4. The molecule has 4 nitrogen and oxygen atoms in total. The monoisotopic (exact) mass is 420 g/mol. The Morgan fingerprint density at radius 1 is 0.900 bits per heavy atom. The molecular weight excluding hydrogens is 403 g/mol. The fourth-order valence-electron chi connectivity index (χ4n) is 3.44. The van der Waals surface area contributed by atoms with Crippen LogP contribution >= 0.6 is 11.6 Å². The van der Waals surface area contributed by atoms with Crippen LogP contribution in [0.2, 0.25) is 5.02 Å². The molecule has 0 aromatic heterocycles. The predicted octanol–water partition coefficient (Wildman–Crippen LogP) is 5.49. The van der Waals surface area contributed by atoms with E-state index in [-0.39, 0.29) is 11.3 Å². The number of rotatable bonds is 4. The van der Waals surface area contributed by atoms with Gasteiger partial charge in [0.25, 0.3) is 11.8 Å². The van der Waals surface area contributed by atoms with Crippen molar-refractivity contribution in [3.63, 3.8) is 0 Å². The molecule has 2 amide bonds. The third-order valence-corrected chi connectivity index (χ3v) is 5.15. The number of nitrogens with one attached hydrogen (secondary N) is 1. The van der Waals surface area contributed by atoms with Crippen LogP contribution in [0, 0.1) is 19.7 Å². The topological polar surface area (TPSA) is 49.4 Å². The summed E-state index contributed by atoms with van der Waals surface area (Å²) in [4.78, 5) is 27.9. The van der Waals surface area contributed by atoms with Crippen molar-refractivity contribution in [3.05, 3.63) is 100.0 Å². The van der Waals surface area contributed by atoms with Crippen LogP contribution < -0.4 is 10.2 Å². The molecule has 3 aromatic carbocycles. The van der Waals surface area contributed by atoms with Crippen molar-refractivity contribution < 1.29 is 14.0 Å². The molecule has 0 saturated carbocycles. The Labute approximate surface area is 178 Å². The first-order chi connectivity index (χ1) is 14.3. The van der Waals surface area contributed by atoms with Gasteiger partial charge in [0.1, 0.15) is 11.5 Å². The summed E-state index contributed by atoms with van der Waals surface area (Å²) in [6.07, 6.45) is 0. The van der Waals surface area contributed by atoms with Crippen molar-refractivity contribution >= 4 is 40.4 Å². The van der Waals surface area contributed by atoms with Crippen molar-refractivity contribution in [2.75, 3.05) is 10.2 Å². The maximum absolute atomic E-state index is 13.5. The van der Waals surface area contributed by atoms with Gasteiger partial charge in [0.05, 0.1) is 11.3 Å². The number of halogens is 2. The van der Waals surface area contributed by atoms with Gasteiger partial charge in [0.2, 0.25) is 0 Å². The van der Waals surface area contributed by atoms with E-state index >= 15 is 0 Å². The van der Waals surface area contributed by atoms with Gasteiger partial charge in [0.15, 0.2) is 0 Å². The highest BCUT2D eigenvalue weighted by Crippen LogP contribution is 2.36. The SMILES string of the molecule is Cc1cccc(NC2=C(c3ccc(F)cc3)C(=O)N(c3cc(Cl)ccc3C)C2=O)c1. The van der Waals surface area contributed by atoms with Crippen LogP contribution in [0.1, 0.15) is 16.7 Å². The van der Waals surface area contributed by atoms with Crippen LogP contribution in [-0.4, -0.2) is 11.8 Å². The maximum atomic E-state index is 13.5. The lowest BCUT2D eigenvalue weighted by atomic mass is 10.0. The third-order valence-electron chi connectivity index (χ3n) is 4.92. The summed E-state index contributed by atoms with van der Waals surface area (Å²) in [6.45, 7) is 3.74. The number of benzene rings is 3. The Kier molecular flexibility index (Phi) is 5.14. The first-order valence-electron chi connectivity index (χ1n) is 9.34. The Hall–Kier alpha value is -3.44. The molecule has 0 spiro atoms. The summed E-state index contributed by atoms with van der Waals surface area (Å²) in [6, 6.07) is 18.0. The molecular formula is C24H18ClFN2O2. The highest BCUT2D eigenvalue weighted by atomic mass is 35.5. The number of anilines is 2. The van der Waals surface area contributed by atoms with Gasteiger partial charge in [-0.15, -0.1) is 0 Å². The fraction of sp³-hybridized carbons (Fsp3) is 0.0833. The molecule has 0 aliphatic carbocycles. The summed E-state index contributed by atoms with van der Waals surface area (Å²) in [5.74, 6) is -1.41. The van der Waals surface area contributed by atoms with E-state index in [0.29, 0.717) is 22.0 Å². The average molecular weight is 421 g/mol. The van der Waals surface area contributed by atoms with Gasteiger partial charge in [0, 0.05) is 10.7 Å². The molecule has 0 bridgehead atoms. The highest BCUT2D eigenvalue weighted by Gasteiger charge is 2.40. The van der Waals surface area contributed by atoms with E-state index in [9.17, 15) is 14.0 Å². The number of hydrogen-bond acceptors (Lipinski definition) is 3. The van der Waals surface area contributed by atoms with Crippen molar-refractivity contribution in [1.29, 1.82) is 0 Å². The van der Waals surface area contributed by atoms with Crippen molar-refractivity contribution in [1.82, 2.24) is 0 Å². The minimum atomic E-state index is -0.494. The van der Waals surface area contributed by atoms with Crippen LogP contribution in [0.15, 0.2) is 72.4 Å². The molecule has 0 unspecified atom stereocenters. The molecule has 1 heterocycles. The molecule has 1 aliphatic rings. The summed E-state index contributed by atoms with van der Waals surface area (Å²) in [5, 5.41) is 3.52. The van der Waals surface area contributed by atoms with E-state index in [4.69, 9.17) is 11.6 Å². The van der Waals surface area contributed by atoms with Crippen LogP contribution in [0.3, 0.4) is 0 Å². The second-order valence-corrected chi connectivity index (χ2v) is 7.56. The molecule has 4 rings (SSSR count). The number of carbonyl (C=O) groups excluding carboxylic acids is 2. The Morgan fingerprint density at radius 3 is 2.33 bits per heavy atom. The first kappa shape index (κ1) is 19.9. The highest BCUT2D eigenvalue weighted by molar-refractivity contribution is 6.46. The Morgan fingerprint density at radius 2 is 1.63 bits per heavy atom. The summed E-state index contributed by atoms with van der Waals surface area (Å²) >= 11 is 6.12. The molecule has 30 heavy (non-hydrogen) atoms. The molecule has 1 aliphatic heterocycles. The zero-order valence-corrected chi connectivity index (χ0v) is 17.1. The van der Waals surface area contributed by atoms with E-state index < -0.39 is 17.6 Å². The Bertz CT molecular complexity index is 1200. The molecule has 1 N–H and O–H groups in total. The third kappa shape index (κ3) is 3.60. The predicted molar refractivity (Wildman–Crippen MR) is 117 cm³/mol.